The Kier molecular flexibility index (Phi) is 6.45. The maximum absolute atomic E-state index is 13.2. The van der Waals surface area contributed by atoms with Gasteiger partial charge in [-0.15, -0.1) is 0 Å². The van der Waals surface area contributed by atoms with Crippen molar-refractivity contribution in [2.24, 2.45) is 11.7 Å². The molecule has 1 atom stereocenters. The Hall–Kier alpha value is -1.62. The van der Waals surface area contributed by atoms with E-state index in [-0.39, 0.29) is 24.4 Å². The first-order valence-electron chi connectivity index (χ1n) is 6.84. The number of nitrogens with two attached hydrogens (primary N) is 1. The average Bonchev–Trinajstić information content (AvgIpc) is 2.36. The van der Waals surface area contributed by atoms with Crippen molar-refractivity contribution in [2.75, 3.05) is 13.2 Å². The molecule has 0 saturated heterocycles. The zero-order chi connectivity index (χ0) is 15.1. The van der Waals surface area contributed by atoms with Gasteiger partial charge in [0.15, 0.2) is 6.61 Å². The van der Waals surface area contributed by atoms with Crippen LogP contribution < -0.4 is 15.8 Å². The summed E-state index contributed by atoms with van der Waals surface area (Å²) in [5, 5.41) is 2.78. The molecule has 0 radical (unpaired) electrons. The Balaban J connectivity index is 2.51. The molecule has 0 saturated carbocycles. The molecule has 0 aliphatic rings. The number of hydrogen-bond donors (Lipinski definition) is 2. The van der Waals surface area contributed by atoms with Crippen LogP contribution in [-0.2, 0) is 4.79 Å². The second-order valence-corrected chi connectivity index (χ2v) is 5.29. The van der Waals surface area contributed by atoms with Gasteiger partial charge in [-0.2, -0.15) is 0 Å². The monoisotopic (exact) mass is 282 g/mol. The van der Waals surface area contributed by atoms with Crippen molar-refractivity contribution in [2.45, 2.75) is 33.2 Å². The van der Waals surface area contributed by atoms with Crippen LogP contribution in [0.5, 0.6) is 5.75 Å². The molecule has 112 valence electrons. The van der Waals surface area contributed by atoms with Crippen LogP contribution in [0, 0.1) is 11.7 Å². The lowest BCUT2D eigenvalue weighted by Crippen LogP contribution is -2.30. The summed E-state index contributed by atoms with van der Waals surface area (Å²) in [5.41, 5.74) is 6.31. The number of benzene rings is 1. The number of carbonyl (C=O) groups excluding carboxylic acids is 1. The summed E-state index contributed by atoms with van der Waals surface area (Å²) in [7, 11) is 0. The van der Waals surface area contributed by atoms with Crippen molar-refractivity contribution >= 4 is 5.91 Å². The highest BCUT2D eigenvalue weighted by atomic mass is 19.1. The highest BCUT2D eigenvalue weighted by Gasteiger charge is 2.11. The van der Waals surface area contributed by atoms with Crippen LogP contribution in [0.2, 0.25) is 0 Å². The van der Waals surface area contributed by atoms with Gasteiger partial charge in [0.2, 0.25) is 0 Å². The first-order valence-corrected chi connectivity index (χ1v) is 6.84. The fourth-order valence-corrected chi connectivity index (χ4v) is 1.70. The number of carbonyl (C=O) groups is 1. The van der Waals surface area contributed by atoms with Gasteiger partial charge in [-0.1, -0.05) is 13.8 Å². The molecule has 1 rings (SSSR count). The Morgan fingerprint density at radius 3 is 2.70 bits per heavy atom. The average molecular weight is 282 g/mol. The third kappa shape index (κ3) is 5.57. The molecule has 0 aliphatic carbocycles. The van der Waals surface area contributed by atoms with Crippen molar-refractivity contribution in [1.82, 2.24) is 5.32 Å². The second-order valence-electron chi connectivity index (χ2n) is 5.29. The molecule has 0 fully saturated rings. The quantitative estimate of drug-likeness (QED) is 0.807. The molecular formula is C15H23FN2O2. The lowest BCUT2D eigenvalue weighted by molar-refractivity contribution is -0.123. The maximum atomic E-state index is 13.2. The number of halogens is 1. The smallest absolute Gasteiger partial charge is 0.257 e. The van der Waals surface area contributed by atoms with Gasteiger partial charge in [-0.05, 0) is 37.5 Å². The van der Waals surface area contributed by atoms with Gasteiger partial charge < -0.3 is 15.8 Å². The largest absolute Gasteiger partial charge is 0.483 e. The molecule has 1 amide bonds. The zero-order valence-corrected chi connectivity index (χ0v) is 12.3. The number of rotatable bonds is 7. The third-order valence-electron chi connectivity index (χ3n) is 2.87. The highest BCUT2D eigenvalue weighted by molar-refractivity contribution is 5.77. The van der Waals surface area contributed by atoms with Crippen LogP contribution in [0.3, 0.4) is 0 Å². The summed E-state index contributed by atoms with van der Waals surface area (Å²) >= 11 is 0. The zero-order valence-electron chi connectivity index (χ0n) is 12.3. The van der Waals surface area contributed by atoms with Crippen LogP contribution >= 0.6 is 0 Å². The third-order valence-corrected chi connectivity index (χ3v) is 2.87. The minimum Gasteiger partial charge on any atom is -0.483 e. The van der Waals surface area contributed by atoms with Crippen LogP contribution in [0.25, 0.3) is 0 Å². The molecular weight excluding hydrogens is 259 g/mol. The first-order chi connectivity index (χ1) is 9.40. The summed E-state index contributed by atoms with van der Waals surface area (Å²) in [6.07, 6.45) is 0.924. The number of nitrogens with one attached hydrogen (secondary N) is 1. The Labute approximate surface area is 119 Å². The molecule has 0 bridgehead atoms. The van der Waals surface area contributed by atoms with Crippen molar-refractivity contribution in [3.05, 3.63) is 29.6 Å². The van der Waals surface area contributed by atoms with E-state index in [1.807, 2.05) is 0 Å². The Morgan fingerprint density at radius 1 is 1.40 bits per heavy atom. The van der Waals surface area contributed by atoms with Gasteiger partial charge in [0.05, 0.1) is 0 Å². The van der Waals surface area contributed by atoms with E-state index in [1.54, 1.807) is 6.92 Å². The first kappa shape index (κ1) is 16.4. The van der Waals surface area contributed by atoms with Crippen molar-refractivity contribution in [3.63, 3.8) is 0 Å². The summed E-state index contributed by atoms with van der Waals surface area (Å²) in [5.74, 6) is 0.426. The molecule has 4 nitrogen and oxygen atoms in total. The van der Waals surface area contributed by atoms with Crippen molar-refractivity contribution < 1.29 is 13.9 Å². The van der Waals surface area contributed by atoms with Crippen molar-refractivity contribution in [3.8, 4) is 5.75 Å². The SMILES string of the molecule is CC(C)CCNC(=O)COc1ccc(F)cc1[C@@H](C)N. The van der Waals surface area contributed by atoms with Crippen molar-refractivity contribution in [1.29, 1.82) is 0 Å². The summed E-state index contributed by atoms with van der Waals surface area (Å²) in [6, 6.07) is 3.76. The number of hydrogen-bond acceptors (Lipinski definition) is 3. The standard InChI is InChI=1S/C15H23FN2O2/c1-10(2)6-7-18-15(19)9-20-14-5-4-12(16)8-13(14)11(3)17/h4-5,8,10-11H,6-7,9,17H2,1-3H3,(H,18,19)/t11-/m1/s1. The Bertz CT molecular complexity index is 447. The van der Waals surface area contributed by atoms with Gasteiger partial charge >= 0.3 is 0 Å². The molecule has 20 heavy (non-hydrogen) atoms. The minimum atomic E-state index is -0.369. The predicted octanol–water partition coefficient (Wildman–Crippen LogP) is 2.39. The number of amides is 1. The molecule has 0 aliphatic heterocycles. The van der Waals surface area contributed by atoms with E-state index in [0.29, 0.717) is 23.8 Å². The van der Waals surface area contributed by atoms with Gasteiger partial charge in [0, 0.05) is 18.2 Å². The van der Waals surface area contributed by atoms with Crippen LogP contribution in [0.15, 0.2) is 18.2 Å². The molecule has 0 aromatic heterocycles. The molecule has 1 aromatic rings. The summed E-state index contributed by atoms with van der Waals surface area (Å²) in [6.45, 7) is 6.46. The lowest BCUT2D eigenvalue weighted by Gasteiger charge is -2.14. The fourth-order valence-electron chi connectivity index (χ4n) is 1.70. The predicted molar refractivity (Wildman–Crippen MR) is 77.0 cm³/mol. The van der Waals surface area contributed by atoms with E-state index in [2.05, 4.69) is 19.2 Å². The van der Waals surface area contributed by atoms with E-state index < -0.39 is 0 Å². The van der Waals surface area contributed by atoms with Crippen LogP contribution in [0.4, 0.5) is 4.39 Å². The molecule has 0 spiro atoms. The van der Waals surface area contributed by atoms with Crippen LogP contribution in [-0.4, -0.2) is 19.1 Å². The van der Waals surface area contributed by atoms with Gasteiger partial charge in [0.1, 0.15) is 11.6 Å². The van der Waals surface area contributed by atoms with Gasteiger partial charge in [-0.25, -0.2) is 4.39 Å². The van der Waals surface area contributed by atoms with E-state index in [4.69, 9.17) is 10.5 Å². The van der Waals surface area contributed by atoms with Gasteiger partial charge in [0.25, 0.3) is 5.91 Å². The number of ether oxygens (including phenoxy) is 1. The minimum absolute atomic E-state index is 0.0938. The Morgan fingerprint density at radius 2 is 2.10 bits per heavy atom. The molecule has 0 heterocycles. The normalized spacial score (nSPS) is 12.3. The van der Waals surface area contributed by atoms with E-state index in [9.17, 15) is 9.18 Å². The molecule has 0 unspecified atom stereocenters. The van der Waals surface area contributed by atoms with Gasteiger partial charge in [-0.3, -0.25) is 4.79 Å². The maximum Gasteiger partial charge on any atom is 0.257 e. The lowest BCUT2D eigenvalue weighted by atomic mass is 10.1. The van der Waals surface area contributed by atoms with E-state index in [1.165, 1.54) is 18.2 Å². The fraction of sp³-hybridized carbons (Fsp3) is 0.533. The molecule has 1 aromatic carbocycles. The molecule has 3 N–H and O–H groups in total. The molecule has 5 heteroatoms. The summed E-state index contributed by atoms with van der Waals surface area (Å²) in [4.78, 5) is 11.6. The topological polar surface area (TPSA) is 64.3 Å². The van der Waals surface area contributed by atoms with Crippen LogP contribution in [0.1, 0.15) is 38.8 Å². The highest BCUT2D eigenvalue weighted by Crippen LogP contribution is 2.24. The second kappa shape index (κ2) is 7.85. The summed E-state index contributed by atoms with van der Waals surface area (Å²) < 4.78 is 18.6. The van der Waals surface area contributed by atoms with E-state index >= 15 is 0 Å². The van der Waals surface area contributed by atoms with E-state index in [0.717, 1.165) is 6.42 Å².